The van der Waals surface area contributed by atoms with Gasteiger partial charge in [-0.1, -0.05) is 102 Å². The molecule has 0 spiro atoms. The van der Waals surface area contributed by atoms with Crippen molar-refractivity contribution in [2.45, 2.75) is 231 Å². The third-order valence-corrected chi connectivity index (χ3v) is 22.1. The van der Waals surface area contributed by atoms with Crippen LogP contribution in [0.25, 0.3) is 10.9 Å². The number of H-pyrrole nitrogens is 1. The molecular formula is C75H111BrN18O20S. The molecule has 3 aliphatic heterocycles. The van der Waals surface area contributed by atoms with Crippen molar-refractivity contribution < 1.29 is 94.7 Å². The Morgan fingerprint density at radius 1 is 0.783 bits per heavy atom. The third kappa shape index (κ3) is 26.9. The SMILES string of the molecule is CCC(C)(C)[C@H](NC[C@H](NC(=O)[C@@H]1CCCN1C(=O)[C@H](Cc1ccc(Br)cc1)NC(=O)[C@@H](C)NC=O)C(C)(C)C)C(=O)N[C@H](Cc1c[nH]c2ccccc12)C(=O)N[C@@H](CCCN=C(N)N)C(=O)N[C@H](CS(=O)(=O)O)C(=O)N[C@@H]1C(=O)N(C)[C@@H](CCC(N)=O)C(=O)N[C@H](C(C)C)C(=O)N2CCC[C@H]2C(=O)N[C@H](CC(=O)O)C(=O)O[C@@H]1C. The van der Waals surface area contributed by atoms with E-state index in [9.17, 15) is 70.8 Å². The largest absolute Gasteiger partial charge is 0.481 e. The van der Waals surface area contributed by atoms with Crippen molar-refractivity contribution in [2.75, 3.05) is 39.0 Å². The van der Waals surface area contributed by atoms with E-state index in [0.717, 1.165) is 23.3 Å². The number of cyclic esters (lactones) is 1. The number of guanidine groups is 1. The number of nitrogens with one attached hydrogen (secondary N) is 11. The van der Waals surface area contributed by atoms with E-state index < -0.39 is 226 Å². The Balaban J connectivity index is 1.34. The number of aliphatic imine (C=N–C) groups is 1. The molecule has 4 heterocycles. The van der Waals surface area contributed by atoms with E-state index in [2.05, 4.69) is 79.1 Å². The van der Waals surface area contributed by atoms with Crippen LogP contribution in [0.2, 0.25) is 0 Å². The Morgan fingerprint density at radius 3 is 2.03 bits per heavy atom. The lowest BCUT2D eigenvalue weighted by atomic mass is 9.80. The van der Waals surface area contributed by atoms with Gasteiger partial charge in [-0.15, -0.1) is 0 Å². The zero-order chi connectivity index (χ0) is 85.7. The van der Waals surface area contributed by atoms with Gasteiger partial charge < -0.3 is 99.9 Å². The number of amides is 13. The second-order valence-corrected chi connectivity index (χ2v) is 33.7. The number of primary amides is 1. The first kappa shape index (κ1) is 93.5. The maximum Gasteiger partial charge on any atom is 0.329 e. The Labute approximate surface area is 675 Å². The van der Waals surface area contributed by atoms with E-state index in [1.165, 1.54) is 11.8 Å². The lowest BCUT2D eigenvalue weighted by Crippen LogP contribution is -2.64. The summed E-state index contributed by atoms with van der Waals surface area (Å²) >= 11 is 3.42. The molecule has 0 radical (unpaired) electrons. The lowest BCUT2D eigenvalue weighted by Gasteiger charge is -2.38. The molecule has 19 N–H and O–H groups in total. The Bertz CT molecular complexity index is 4190. The second kappa shape index (κ2) is 41.8. The standard InChI is InChI=1S/C75H111BrN18O20S/c1-12-75(9,10)60(82-36-55(74(6,7)8)89-67(105)54-22-16-30-93(54)69(107)49(86-61(99)40(4)83-38-95)32-42-23-25-44(76)26-24-42)68(106)85-48(33-43-35-81-46-19-14-13-18-45(43)46)63(101)84-47(20-15-29-80-73(78)79)62(100)88-51(37-115(111,112)113)64(102)91-59-41(5)114-72(110)50(34-57(97)98)87-66(104)53-21-17-31-94(53)71(109)58(39(2)3)90-65(103)52(27-28-56(77)96)92(11)70(59)108/h13-14,18-19,23-26,35,38-41,47-55,58-60,81-82H,12,15-17,20-22,27-34,36-37H2,1-11H3,(H2,77,96)(H,83,95)(H,84,101)(H,85,106)(H,86,99)(H,87,104)(H,88,100)(H,89,105)(H,90,103)(H,91,102)(H,97,98)(H4,78,79,80)(H,111,112,113)/t40-,41-,47+,48-,49+,50-,51-,52+,53+,54+,55+,58-,59+,60-/m1/s1. The molecule has 38 nitrogen and oxygen atoms in total. The summed E-state index contributed by atoms with van der Waals surface area (Å²) in [6, 6.07) is -5.59. The van der Waals surface area contributed by atoms with Gasteiger partial charge in [0, 0.05) is 80.1 Å². The number of aromatic amines is 1. The molecule has 13 amide bonds. The first-order valence-electron chi connectivity index (χ1n) is 38.1. The summed E-state index contributed by atoms with van der Waals surface area (Å²) in [6.07, 6.45) is -1.64. The number of carbonyl (C=O) groups excluding carboxylic acids is 14. The number of nitrogens with two attached hydrogens (primary N) is 3. The zero-order valence-corrected chi connectivity index (χ0v) is 68.9. The van der Waals surface area contributed by atoms with Crippen LogP contribution in [-0.2, 0) is 99.6 Å². The fourth-order valence-electron chi connectivity index (χ4n) is 13.7. The molecule has 0 unspecified atom stereocenters. The molecule has 3 aromatic rings. The Hall–Kier alpha value is -10.3. The van der Waals surface area contributed by atoms with E-state index in [4.69, 9.17) is 21.9 Å². The van der Waals surface area contributed by atoms with E-state index >= 15 is 19.2 Å². The van der Waals surface area contributed by atoms with Crippen molar-refractivity contribution >= 4 is 132 Å². The fourth-order valence-corrected chi connectivity index (χ4v) is 14.7. The number of esters is 1. The monoisotopic (exact) mass is 1690 g/mol. The van der Waals surface area contributed by atoms with E-state index in [1.54, 1.807) is 82.4 Å². The van der Waals surface area contributed by atoms with Crippen molar-refractivity contribution in [2.24, 2.45) is 38.9 Å². The number of hydrogen-bond acceptors (Lipinski definition) is 20. The summed E-state index contributed by atoms with van der Waals surface area (Å²) in [5, 5.41) is 37.1. The maximum absolute atomic E-state index is 15.4. The number of aliphatic carboxylic acids is 1. The highest BCUT2D eigenvalue weighted by Crippen LogP contribution is 2.30. The summed E-state index contributed by atoms with van der Waals surface area (Å²) in [5.74, 6) is -17.4. The number of likely N-dealkylation sites (tertiary alicyclic amines) is 1. The fraction of sp³-hybridized carbons (Fsp3) is 0.600. The van der Waals surface area contributed by atoms with Crippen LogP contribution in [0.1, 0.15) is 145 Å². The zero-order valence-electron chi connectivity index (χ0n) is 66.5. The number of halogens is 1. The van der Waals surface area contributed by atoms with Crippen LogP contribution in [0, 0.1) is 16.7 Å². The van der Waals surface area contributed by atoms with Gasteiger partial charge in [0.1, 0.15) is 78.3 Å². The predicted molar refractivity (Wildman–Crippen MR) is 423 cm³/mol. The summed E-state index contributed by atoms with van der Waals surface area (Å²) in [7, 11) is -4.35. The maximum atomic E-state index is 15.4. The summed E-state index contributed by atoms with van der Waals surface area (Å²) in [4.78, 5) is 222. The summed E-state index contributed by atoms with van der Waals surface area (Å²) in [6.45, 7) is 16.5. The number of carboxylic acids is 1. The van der Waals surface area contributed by atoms with Crippen LogP contribution in [0.5, 0.6) is 0 Å². The minimum atomic E-state index is -5.38. The number of fused-ring (bicyclic) bond motifs is 2. The molecule has 14 atom stereocenters. The highest BCUT2D eigenvalue weighted by atomic mass is 79.9. The molecule has 6 rings (SSSR count). The van der Waals surface area contributed by atoms with Crippen molar-refractivity contribution in [3.8, 4) is 0 Å². The lowest BCUT2D eigenvalue weighted by molar-refractivity contribution is -0.161. The van der Waals surface area contributed by atoms with Crippen molar-refractivity contribution in [1.82, 2.24) is 72.9 Å². The van der Waals surface area contributed by atoms with Crippen LogP contribution in [0.15, 0.2) is 64.2 Å². The van der Waals surface area contributed by atoms with Crippen molar-refractivity contribution in [3.63, 3.8) is 0 Å². The third-order valence-electron chi connectivity index (χ3n) is 20.8. The van der Waals surface area contributed by atoms with Gasteiger partial charge in [-0.05, 0) is 111 Å². The second-order valence-electron chi connectivity index (χ2n) is 31.3. The number of aromatic nitrogens is 1. The number of benzene rings is 2. The number of para-hydroxylation sites is 1. The average Bonchev–Trinajstić information content (AvgIpc) is 1.79. The molecule has 2 aromatic carbocycles. The number of ether oxygens (including phenoxy) is 1. The summed E-state index contributed by atoms with van der Waals surface area (Å²) < 4.78 is 42.9. The smallest absolute Gasteiger partial charge is 0.329 e. The topological polar surface area (TPSA) is 576 Å². The number of nitrogens with zero attached hydrogens (tertiary/aromatic N) is 4. The number of hydrogen-bond donors (Lipinski definition) is 16. The molecule has 3 fully saturated rings. The van der Waals surface area contributed by atoms with Crippen LogP contribution in [0.3, 0.4) is 0 Å². The van der Waals surface area contributed by atoms with Gasteiger partial charge in [-0.3, -0.25) is 76.7 Å². The van der Waals surface area contributed by atoms with Gasteiger partial charge in [0.15, 0.2) is 5.96 Å². The minimum Gasteiger partial charge on any atom is -0.481 e. The van der Waals surface area contributed by atoms with E-state index in [1.807, 2.05) is 27.7 Å². The van der Waals surface area contributed by atoms with Crippen LogP contribution < -0.4 is 70.4 Å². The van der Waals surface area contributed by atoms with E-state index in [0.29, 0.717) is 46.2 Å². The van der Waals surface area contributed by atoms with Crippen molar-refractivity contribution in [1.29, 1.82) is 0 Å². The molecule has 0 aliphatic carbocycles. The van der Waals surface area contributed by atoms with Gasteiger partial charge in [-0.25, -0.2) is 4.79 Å². The minimum absolute atomic E-state index is 0.0000744. The average molecular weight is 1700 g/mol. The van der Waals surface area contributed by atoms with Gasteiger partial charge in [0.25, 0.3) is 10.1 Å². The number of likely N-dealkylation sites (N-methyl/N-ethyl adjacent to an activating group) is 1. The number of carboxylic acid groups (broad SMARTS) is 1. The Kier molecular flexibility index (Phi) is 34.0. The van der Waals surface area contributed by atoms with Crippen LogP contribution in [0.4, 0.5) is 0 Å². The first-order valence-corrected chi connectivity index (χ1v) is 40.5. The molecule has 3 aliphatic rings. The molecule has 1 aromatic heterocycles. The van der Waals surface area contributed by atoms with E-state index in [-0.39, 0.29) is 70.7 Å². The predicted octanol–water partition coefficient (Wildman–Crippen LogP) is -1.74. The summed E-state index contributed by atoms with van der Waals surface area (Å²) in [5.41, 5.74) is 17.0. The molecule has 3 saturated heterocycles. The van der Waals surface area contributed by atoms with Gasteiger partial charge in [-0.2, -0.15) is 8.42 Å². The van der Waals surface area contributed by atoms with Crippen LogP contribution >= 0.6 is 15.9 Å². The molecule has 634 valence electrons. The number of rotatable bonds is 36. The Morgan fingerprint density at radius 2 is 1.42 bits per heavy atom. The molecule has 0 bridgehead atoms. The highest BCUT2D eigenvalue weighted by Gasteiger charge is 2.47. The quantitative estimate of drug-likeness (QED) is 0.00767. The van der Waals surface area contributed by atoms with Crippen molar-refractivity contribution in [3.05, 3.63) is 70.3 Å². The normalized spacial score (nSPS) is 21.1. The molecule has 115 heavy (non-hydrogen) atoms. The molecular weight excluding hydrogens is 1580 g/mol. The van der Waals surface area contributed by atoms with Gasteiger partial charge in [0.2, 0.25) is 77.3 Å². The first-order chi connectivity index (χ1) is 53.9. The van der Waals surface area contributed by atoms with Gasteiger partial charge >= 0.3 is 11.9 Å². The molecule has 40 heteroatoms. The molecule has 0 saturated carbocycles. The van der Waals surface area contributed by atoms with Gasteiger partial charge in [0.05, 0.1) is 12.5 Å². The number of carbonyl (C=O) groups is 15. The highest BCUT2D eigenvalue weighted by molar-refractivity contribution is 9.10. The van der Waals surface area contributed by atoms with Crippen LogP contribution in [-0.4, -0.2) is 257 Å².